The van der Waals surface area contributed by atoms with E-state index in [4.69, 9.17) is 9.15 Å². The Kier molecular flexibility index (Phi) is 4.63. The third-order valence-corrected chi connectivity index (χ3v) is 4.78. The fourth-order valence-corrected chi connectivity index (χ4v) is 3.39. The molecule has 1 N–H and O–H groups in total. The van der Waals surface area contributed by atoms with Crippen molar-refractivity contribution in [3.63, 3.8) is 0 Å². The van der Waals surface area contributed by atoms with Crippen LogP contribution in [0.5, 0.6) is 5.75 Å². The molecular weight excluding hydrogens is 328 g/mol. The Balaban J connectivity index is 1.69. The molecule has 0 saturated carbocycles. The number of aryl methyl sites for hydroxylation is 1. The fourth-order valence-electron chi connectivity index (χ4n) is 3.39. The van der Waals surface area contributed by atoms with Crippen LogP contribution in [0.4, 0.5) is 5.69 Å². The van der Waals surface area contributed by atoms with E-state index in [9.17, 15) is 4.79 Å². The Hall–Kier alpha value is -2.79. The van der Waals surface area contributed by atoms with Gasteiger partial charge in [0.15, 0.2) is 0 Å². The summed E-state index contributed by atoms with van der Waals surface area (Å²) in [5, 5.41) is 4.29. The third-order valence-electron chi connectivity index (χ3n) is 4.78. The molecule has 0 atom stereocenters. The minimum atomic E-state index is -0.325. The van der Waals surface area contributed by atoms with E-state index < -0.39 is 0 Å². The van der Waals surface area contributed by atoms with Crippen molar-refractivity contribution in [2.24, 2.45) is 0 Å². The molecule has 0 aliphatic carbocycles. The maximum Gasteiger partial charge on any atom is 0.338 e. The Bertz CT molecular complexity index is 960. The topological polar surface area (TPSA) is 54.7 Å². The highest BCUT2D eigenvalue weighted by Crippen LogP contribution is 2.32. The molecule has 0 radical (unpaired) electrons. The Morgan fingerprint density at radius 3 is 2.65 bits per heavy atom. The lowest BCUT2D eigenvalue weighted by molar-refractivity contribution is 0.304. The molecule has 3 aromatic rings. The Labute approximate surface area is 152 Å². The fraction of sp³-hybridized carbons (Fsp3) is 0.286. The molecule has 0 spiro atoms. The first-order valence-corrected chi connectivity index (χ1v) is 8.92. The van der Waals surface area contributed by atoms with Crippen molar-refractivity contribution in [1.29, 1.82) is 0 Å². The molecule has 2 aromatic carbocycles. The lowest BCUT2D eigenvalue weighted by Gasteiger charge is -2.30. The zero-order chi connectivity index (χ0) is 17.9. The molecule has 2 heterocycles. The summed E-state index contributed by atoms with van der Waals surface area (Å²) in [5.74, 6) is 0.738. The van der Waals surface area contributed by atoms with Crippen molar-refractivity contribution in [3.8, 4) is 5.75 Å². The van der Waals surface area contributed by atoms with E-state index in [-0.39, 0.29) is 5.63 Å². The molecule has 1 aromatic heterocycles. The molecular formula is C21H22N2O3. The van der Waals surface area contributed by atoms with E-state index in [0.29, 0.717) is 12.2 Å². The molecule has 26 heavy (non-hydrogen) atoms. The van der Waals surface area contributed by atoms with Gasteiger partial charge in [-0.25, -0.2) is 4.79 Å². The molecule has 0 amide bonds. The Morgan fingerprint density at radius 2 is 1.88 bits per heavy atom. The molecule has 4 rings (SSSR count). The van der Waals surface area contributed by atoms with Gasteiger partial charge >= 0.3 is 5.63 Å². The van der Waals surface area contributed by atoms with Crippen LogP contribution in [-0.4, -0.2) is 26.2 Å². The van der Waals surface area contributed by atoms with Crippen molar-refractivity contribution in [1.82, 2.24) is 5.32 Å². The highest BCUT2D eigenvalue weighted by Gasteiger charge is 2.17. The average molecular weight is 350 g/mol. The standard InChI is InChI=1S/C21H22N2O3/c1-15-19(25-14-16-5-3-2-4-6-16)8-7-17-18(13-20(24)26-21(15)17)23-11-9-22-10-12-23/h2-8,13,22H,9-12,14H2,1H3. The molecule has 0 unspecified atom stereocenters. The van der Waals surface area contributed by atoms with E-state index in [1.54, 1.807) is 6.07 Å². The predicted molar refractivity (Wildman–Crippen MR) is 103 cm³/mol. The largest absolute Gasteiger partial charge is 0.488 e. The van der Waals surface area contributed by atoms with Crippen LogP contribution in [-0.2, 0) is 6.61 Å². The lowest BCUT2D eigenvalue weighted by atomic mass is 10.1. The monoisotopic (exact) mass is 350 g/mol. The van der Waals surface area contributed by atoms with Crippen LogP contribution in [0.2, 0.25) is 0 Å². The average Bonchev–Trinajstić information content (AvgIpc) is 2.69. The van der Waals surface area contributed by atoms with E-state index >= 15 is 0 Å². The molecule has 0 bridgehead atoms. The van der Waals surface area contributed by atoms with Gasteiger partial charge in [-0.3, -0.25) is 0 Å². The number of nitrogens with one attached hydrogen (secondary N) is 1. The van der Waals surface area contributed by atoms with Crippen molar-refractivity contribution in [2.45, 2.75) is 13.5 Å². The van der Waals surface area contributed by atoms with E-state index in [1.165, 1.54) is 0 Å². The highest BCUT2D eigenvalue weighted by atomic mass is 16.5. The summed E-state index contributed by atoms with van der Waals surface area (Å²) < 4.78 is 11.5. The molecule has 1 saturated heterocycles. The number of benzene rings is 2. The van der Waals surface area contributed by atoms with Crippen LogP contribution in [0.25, 0.3) is 11.0 Å². The summed E-state index contributed by atoms with van der Waals surface area (Å²) in [6.45, 7) is 6.01. The molecule has 5 heteroatoms. The number of anilines is 1. The van der Waals surface area contributed by atoms with Gasteiger partial charge in [-0.15, -0.1) is 0 Å². The Morgan fingerprint density at radius 1 is 1.12 bits per heavy atom. The number of fused-ring (bicyclic) bond motifs is 1. The summed E-state index contributed by atoms with van der Waals surface area (Å²) in [6.07, 6.45) is 0. The summed E-state index contributed by atoms with van der Waals surface area (Å²) >= 11 is 0. The number of hydrogen-bond acceptors (Lipinski definition) is 5. The minimum absolute atomic E-state index is 0.325. The van der Waals surface area contributed by atoms with Gasteiger partial charge in [0.1, 0.15) is 17.9 Å². The van der Waals surface area contributed by atoms with Gasteiger partial charge in [-0.2, -0.15) is 0 Å². The zero-order valence-corrected chi connectivity index (χ0v) is 14.8. The maximum absolute atomic E-state index is 12.1. The van der Waals surface area contributed by atoms with Gasteiger partial charge < -0.3 is 19.4 Å². The first kappa shape index (κ1) is 16.7. The first-order chi connectivity index (χ1) is 12.7. The molecule has 5 nitrogen and oxygen atoms in total. The molecule has 1 aliphatic rings. The number of hydrogen-bond donors (Lipinski definition) is 1. The smallest absolute Gasteiger partial charge is 0.338 e. The van der Waals surface area contributed by atoms with Gasteiger partial charge in [0.05, 0.1) is 5.69 Å². The van der Waals surface area contributed by atoms with Gasteiger partial charge in [0.25, 0.3) is 0 Å². The van der Waals surface area contributed by atoms with E-state index in [2.05, 4.69) is 10.2 Å². The van der Waals surface area contributed by atoms with E-state index in [1.807, 2.05) is 49.4 Å². The van der Waals surface area contributed by atoms with Gasteiger partial charge in [-0.1, -0.05) is 30.3 Å². The van der Waals surface area contributed by atoms with Crippen LogP contribution in [0.1, 0.15) is 11.1 Å². The third kappa shape index (κ3) is 3.30. The SMILES string of the molecule is Cc1c(OCc2ccccc2)ccc2c(N3CCNCC3)cc(=O)oc12. The maximum atomic E-state index is 12.1. The van der Waals surface area contributed by atoms with Crippen LogP contribution < -0.4 is 20.6 Å². The van der Waals surface area contributed by atoms with E-state index in [0.717, 1.165) is 54.1 Å². The second kappa shape index (κ2) is 7.22. The number of rotatable bonds is 4. The van der Waals surface area contributed by atoms with Gasteiger partial charge in [0, 0.05) is 43.2 Å². The first-order valence-electron chi connectivity index (χ1n) is 8.92. The van der Waals surface area contributed by atoms with Crippen molar-refractivity contribution < 1.29 is 9.15 Å². The van der Waals surface area contributed by atoms with Crippen LogP contribution in [0, 0.1) is 6.92 Å². The van der Waals surface area contributed by atoms with Crippen molar-refractivity contribution in [3.05, 3.63) is 70.1 Å². The molecule has 1 fully saturated rings. The predicted octanol–water partition coefficient (Wildman–Crippen LogP) is 3.09. The van der Waals surface area contributed by atoms with Gasteiger partial charge in [-0.05, 0) is 24.6 Å². The van der Waals surface area contributed by atoms with Crippen LogP contribution in [0.3, 0.4) is 0 Å². The number of piperazine rings is 1. The number of nitrogens with zero attached hydrogens (tertiary/aromatic N) is 1. The quantitative estimate of drug-likeness (QED) is 0.733. The highest BCUT2D eigenvalue weighted by molar-refractivity contribution is 5.93. The summed E-state index contributed by atoms with van der Waals surface area (Å²) in [7, 11) is 0. The van der Waals surface area contributed by atoms with Crippen molar-refractivity contribution in [2.75, 3.05) is 31.1 Å². The zero-order valence-electron chi connectivity index (χ0n) is 14.8. The van der Waals surface area contributed by atoms with Crippen LogP contribution >= 0.6 is 0 Å². The van der Waals surface area contributed by atoms with Crippen molar-refractivity contribution >= 4 is 16.7 Å². The molecule has 134 valence electrons. The molecule has 1 aliphatic heterocycles. The number of ether oxygens (including phenoxy) is 1. The van der Waals surface area contributed by atoms with Gasteiger partial charge in [0.2, 0.25) is 0 Å². The summed E-state index contributed by atoms with van der Waals surface area (Å²) in [4.78, 5) is 14.4. The summed E-state index contributed by atoms with van der Waals surface area (Å²) in [5.41, 5.74) is 3.18. The summed E-state index contributed by atoms with van der Waals surface area (Å²) in [6, 6.07) is 15.6. The second-order valence-electron chi connectivity index (χ2n) is 6.53. The van der Waals surface area contributed by atoms with Crippen LogP contribution in [0.15, 0.2) is 57.7 Å². The normalized spacial score (nSPS) is 14.6. The second-order valence-corrected chi connectivity index (χ2v) is 6.53. The minimum Gasteiger partial charge on any atom is -0.488 e. The lowest BCUT2D eigenvalue weighted by Crippen LogP contribution is -2.43.